The third-order valence-electron chi connectivity index (χ3n) is 5.88. The molecular weight excluding hydrogens is 582 g/mol. The fourth-order valence-corrected chi connectivity index (χ4v) is 5.08. The lowest BCUT2D eigenvalue weighted by Crippen LogP contribution is -2.51. The number of hydrogen-bond acceptors (Lipinski definition) is 5. The van der Waals surface area contributed by atoms with Crippen LogP contribution in [0.1, 0.15) is 26.3 Å². The normalized spacial score (nSPS) is 12.1. The Hall–Kier alpha value is -3.37. The monoisotopic (exact) mass is 615 g/mol. The molecule has 1 unspecified atom stereocenters. The third kappa shape index (κ3) is 9.11. The van der Waals surface area contributed by atoms with Crippen molar-refractivity contribution in [3.05, 3.63) is 88.9 Å². The van der Waals surface area contributed by atoms with Gasteiger partial charge >= 0.3 is 0 Å². The van der Waals surface area contributed by atoms with E-state index >= 15 is 0 Å². The molecule has 8 nitrogen and oxygen atoms in total. The minimum atomic E-state index is -3.83. The second kappa shape index (κ2) is 13.6. The first kappa shape index (κ1) is 30.2. The maximum atomic E-state index is 13.7. The first-order valence-electron chi connectivity index (χ1n) is 12.6. The average molecular weight is 617 g/mol. The number of sulfonamides is 1. The van der Waals surface area contributed by atoms with Crippen LogP contribution in [0.15, 0.2) is 83.3 Å². The van der Waals surface area contributed by atoms with Gasteiger partial charge in [0.1, 0.15) is 24.1 Å². The van der Waals surface area contributed by atoms with E-state index in [-0.39, 0.29) is 18.4 Å². The van der Waals surface area contributed by atoms with Gasteiger partial charge in [-0.3, -0.25) is 13.9 Å². The van der Waals surface area contributed by atoms with E-state index in [2.05, 4.69) is 21.2 Å². The van der Waals surface area contributed by atoms with Crippen LogP contribution in [0.5, 0.6) is 11.5 Å². The summed E-state index contributed by atoms with van der Waals surface area (Å²) >= 11 is 3.44. The molecule has 3 aromatic rings. The zero-order valence-electron chi connectivity index (χ0n) is 22.5. The summed E-state index contributed by atoms with van der Waals surface area (Å²) in [6, 6.07) is 22.3. The first-order chi connectivity index (χ1) is 18.4. The molecule has 0 fully saturated rings. The van der Waals surface area contributed by atoms with E-state index < -0.39 is 28.5 Å². The number of carbonyl (C=O) groups is 2. The molecule has 2 amide bonds. The number of nitrogens with zero attached hydrogens (tertiary/aromatic N) is 2. The van der Waals surface area contributed by atoms with Crippen LogP contribution in [0.4, 0.5) is 5.69 Å². The molecule has 1 atom stereocenters. The predicted octanol–water partition coefficient (Wildman–Crippen LogP) is 5.20. The number of rotatable bonds is 12. The van der Waals surface area contributed by atoms with Crippen LogP contribution in [0.25, 0.3) is 0 Å². The molecule has 0 aliphatic rings. The molecule has 0 saturated carbocycles. The zero-order chi connectivity index (χ0) is 28.6. The van der Waals surface area contributed by atoms with E-state index in [0.717, 1.165) is 20.6 Å². The summed E-state index contributed by atoms with van der Waals surface area (Å²) in [5.74, 6) is 0.604. The van der Waals surface area contributed by atoms with Gasteiger partial charge in [-0.15, -0.1) is 0 Å². The lowest BCUT2D eigenvalue weighted by molar-refractivity contribution is -0.139. The average Bonchev–Trinajstić information content (AvgIpc) is 2.89. The number of anilines is 1. The van der Waals surface area contributed by atoms with Gasteiger partial charge in [-0.1, -0.05) is 60.1 Å². The highest BCUT2D eigenvalue weighted by atomic mass is 79.9. The van der Waals surface area contributed by atoms with Crippen molar-refractivity contribution in [3.8, 4) is 11.5 Å². The maximum absolute atomic E-state index is 13.7. The highest BCUT2D eigenvalue weighted by Gasteiger charge is 2.30. The van der Waals surface area contributed by atoms with Crippen LogP contribution in [0, 0.1) is 5.92 Å². The first-order valence-corrected chi connectivity index (χ1v) is 15.2. The van der Waals surface area contributed by atoms with Crippen molar-refractivity contribution >= 4 is 43.5 Å². The Bertz CT molecular complexity index is 1370. The Morgan fingerprint density at radius 2 is 1.56 bits per heavy atom. The minimum Gasteiger partial charge on any atom is -0.457 e. The molecule has 208 valence electrons. The van der Waals surface area contributed by atoms with Gasteiger partial charge in [0, 0.05) is 17.6 Å². The molecule has 0 spiro atoms. The van der Waals surface area contributed by atoms with Crippen molar-refractivity contribution in [1.29, 1.82) is 0 Å². The van der Waals surface area contributed by atoms with Crippen molar-refractivity contribution in [1.82, 2.24) is 10.2 Å². The molecular formula is C29H34BrN3O5S. The van der Waals surface area contributed by atoms with Crippen molar-refractivity contribution in [2.24, 2.45) is 5.92 Å². The number of carbonyl (C=O) groups excluding carboxylic acids is 2. The van der Waals surface area contributed by atoms with Gasteiger partial charge in [0.25, 0.3) is 0 Å². The molecule has 39 heavy (non-hydrogen) atoms. The van der Waals surface area contributed by atoms with Gasteiger partial charge in [0.2, 0.25) is 21.8 Å². The van der Waals surface area contributed by atoms with E-state index in [9.17, 15) is 18.0 Å². The SMILES string of the molecule is CC(C)CNC(=O)C(C)N(Cc1cccc(Br)c1)C(=O)CN(c1ccc(Oc2ccccc2)cc1)S(C)(=O)=O. The quantitative estimate of drug-likeness (QED) is 0.302. The summed E-state index contributed by atoms with van der Waals surface area (Å²) in [5.41, 5.74) is 1.11. The Morgan fingerprint density at radius 3 is 2.15 bits per heavy atom. The molecule has 0 saturated heterocycles. The molecule has 0 heterocycles. The zero-order valence-corrected chi connectivity index (χ0v) is 24.9. The van der Waals surface area contributed by atoms with Gasteiger partial charge in [-0.25, -0.2) is 8.42 Å². The molecule has 3 aromatic carbocycles. The van der Waals surface area contributed by atoms with Crippen molar-refractivity contribution in [2.45, 2.75) is 33.4 Å². The Labute approximate surface area is 239 Å². The Kier molecular flexibility index (Phi) is 10.5. The fraction of sp³-hybridized carbons (Fsp3) is 0.310. The van der Waals surface area contributed by atoms with Gasteiger partial charge in [0.05, 0.1) is 11.9 Å². The molecule has 0 bridgehead atoms. The highest BCUT2D eigenvalue weighted by Crippen LogP contribution is 2.26. The Balaban J connectivity index is 1.85. The van der Waals surface area contributed by atoms with Crippen LogP contribution in [-0.2, 0) is 26.2 Å². The van der Waals surface area contributed by atoms with E-state index in [1.54, 1.807) is 31.2 Å². The minimum absolute atomic E-state index is 0.135. The number of amides is 2. The third-order valence-corrected chi connectivity index (χ3v) is 7.51. The lowest BCUT2D eigenvalue weighted by Gasteiger charge is -2.31. The molecule has 3 rings (SSSR count). The predicted molar refractivity (Wildman–Crippen MR) is 157 cm³/mol. The van der Waals surface area contributed by atoms with Crippen molar-refractivity contribution < 1.29 is 22.7 Å². The summed E-state index contributed by atoms with van der Waals surface area (Å²) < 4.78 is 33.2. The standard InChI is InChI=1S/C29H34BrN3O5S/c1-21(2)18-31-29(35)22(3)32(19-23-9-8-10-24(30)17-23)28(34)20-33(39(4,36)37)25-13-15-27(16-14-25)38-26-11-6-5-7-12-26/h5-17,21-22H,18-20H2,1-4H3,(H,31,35). The fourth-order valence-electron chi connectivity index (χ4n) is 3.79. The highest BCUT2D eigenvalue weighted by molar-refractivity contribution is 9.10. The molecule has 0 radical (unpaired) electrons. The van der Waals surface area contributed by atoms with E-state index in [1.807, 2.05) is 68.4 Å². The Morgan fingerprint density at radius 1 is 0.923 bits per heavy atom. The second-order valence-corrected chi connectivity index (χ2v) is 12.5. The molecule has 10 heteroatoms. The number of benzene rings is 3. The topological polar surface area (TPSA) is 96.0 Å². The van der Waals surface area contributed by atoms with E-state index in [0.29, 0.717) is 23.7 Å². The number of halogens is 1. The molecule has 0 aromatic heterocycles. The van der Waals surface area contributed by atoms with Crippen molar-refractivity contribution in [2.75, 3.05) is 23.7 Å². The molecule has 0 aliphatic heterocycles. The van der Waals surface area contributed by atoms with Crippen LogP contribution in [-0.4, -0.2) is 50.5 Å². The van der Waals surface area contributed by atoms with Crippen molar-refractivity contribution in [3.63, 3.8) is 0 Å². The van der Waals surface area contributed by atoms with Gasteiger partial charge in [0.15, 0.2) is 0 Å². The van der Waals surface area contributed by atoms with E-state index in [4.69, 9.17) is 4.74 Å². The second-order valence-electron chi connectivity index (χ2n) is 9.65. The van der Waals surface area contributed by atoms with Crippen LogP contribution < -0.4 is 14.4 Å². The number of para-hydroxylation sites is 1. The number of ether oxygens (including phenoxy) is 1. The molecule has 1 N–H and O–H groups in total. The summed E-state index contributed by atoms with van der Waals surface area (Å²) in [4.78, 5) is 28.0. The maximum Gasteiger partial charge on any atom is 0.244 e. The van der Waals surface area contributed by atoms with Crippen LogP contribution in [0.3, 0.4) is 0 Å². The van der Waals surface area contributed by atoms with Crippen LogP contribution >= 0.6 is 15.9 Å². The summed E-state index contributed by atoms with van der Waals surface area (Å²) in [7, 11) is -3.83. The smallest absolute Gasteiger partial charge is 0.244 e. The summed E-state index contributed by atoms with van der Waals surface area (Å²) in [5, 5.41) is 2.87. The molecule has 0 aliphatic carbocycles. The van der Waals surface area contributed by atoms with Gasteiger partial charge < -0.3 is 15.0 Å². The van der Waals surface area contributed by atoms with Gasteiger partial charge in [-0.2, -0.15) is 0 Å². The van der Waals surface area contributed by atoms with Gasteiger partial charge in [-0.05, 0) is 66.9 Å². The summed E-state index contributed by atoms with van der Waals surface area (Å²) in [6.07, 6.45) is 1.05. The van der Waals surface area contributed by atoms with Crippen LogP contribution in [0.2, 0.25) is 0 Å². The largest absolute Gasteiger partial charge is 0.457 e. The lowest BCUT2D eigenvalue weighted by atomic mass is 10.1. The number of hydrogen-bond donors (Lipinski definition) is 1. The van der Waals surface area contributed by atoms with E-state index in [1.165, 1.54) is 4.90 Å². The number of nitrogens with one attached hydrogen (secondary N) is 1. The summed E-state index contributed by atoms with van der Waals surface area (Å²) in [6.45, 7) is 5.75.